The Balaban J connectivity index is 2.63. The van der Waals surface area contributed by atoms with Gasteiger partial charge in [-0.2, -0.15) is 5.10 Å². The van der Waals surface area contributed by atoms with E-state index in [1.54, 1.807) is 0 Å². The lowest BCUT2D eigenvalue weighted by molar-refractivity contribution is 0.282. The van der Waals surface area contributed by atoms with Crippen LogP contribution in [0.5, 0.6) is 0 Å². The van der Waals surface area contributed by atoms with Crippen LogP contribution in [-0.2, 0) is 0 Å². The van der Waals surface area contributed by atoms with Crippen molar-refractivity contribution >= 4 is 5.95 Å². The molecule has 1 aromatic heterocycles. The lowest BCUT2D eigenvalue weighted by Crippen LogP contribution is -2.19. The quantitative estimate of drug-likeness (QED) is 0.740. The molecule has 5 heteroatoms. The number of rotatable bonds is 4. The van der Waals surface area contributed by atoms with Gasteiger partial charge in [-0.3, -0.25) is 0 Å². The molecule has 78 valence electrons. The molecule has 0 fully saturated rings. The van der Waals surface area contributed by atoms with Crippen molar-refractivity contribution in [1.82, 2.24) is 15.2 Å². The summed E-state index contributed by atoms with van der Waals surface area (Å²) in [6, 6.07) is 0.156. The van der Waals surface area contributed by atoms with Crippen LogP contribution >= 0.6 is 0 Å². The van der Waals surface area contributed by atoms with Gasteiger partial charge in [0.05, 0.1) is 11.4 Å². The van der Waals surface area contributed by atoms with Gasteiger partial charge in [0.1, 0.15) is 0 Å². The number of hydrogen-bond donors (Lipinski definition) is 2. The fourth-order valence-corrected chi connectivity index (χ4v) is 1.00. The minimum Gasteiger partial charge on any atom is -0.396 e. The Bertz CT molecular complexity index is 303. The molecule has 2 N–H and O–H groups in total. The molecule has 0 aliphatic carbocycles. The summed E-state index contributed by atoms with van der Waals surface area (Å²) in [5.74, 6) is 0.522. The third-order valence-corrected chi connectivity index (χ3v) is 2.03. The smallest absolute Gasteiger partial charge is 0.243 e. The van der Waals surface area contributed by atoms with Gasteiger partial charge in [-0.1, -0.05) is 0 Å². The standard InChI is InChI=1S/C9H16N4O/c1-6(4-5-14)10-9-11-7(2)8(3)12-13-9/h6,14H,4-5H2,1-3H3,(H,10,11,13)/t6-/m0/s1. The fourth-order valence-electron chi connectivity index (χ4n) is 1.00. The molecule has 1 atom stereocenters. The van der Waals surface area contributed by atoms with E-state index in [2.05, 4.69) is 20.5 Å². The number of aliphatic hydroxyl groups excluding tert-OH is 1. The maximum Gasteiger partial charge on any atom is 0.243 e. The Kier molecular flexibility index (Phi) is 3.76. The average molecular weight is 196 g/mol. The first-order valence-corrected chi connectivity index (χ1v) is 4.68. The van der Waals surface area contributed by atoms with Crippen LogP contribution in [0.3, 0.4) is 0 Å². The SMILES string of the molecule is Cc1nnc(N[C@@H](C)CCO)nc1C. The minimum atomic E-state index is 0.156. The van der Waals surface area contributed by atoms with E-state index in [0.29, 0.717) is 12.4 Å². The molecule has 0 aliphatic rings. The van der Waals surface area contributed by atoms with Crippen LogP contribution < -0.4 is 5.32 Å². The number of aliphatic hydroxyl groups is 1. The molecular formula is C9H16N4O. The van der Waals surface area contributed by atoms with Crippen molar-refractivity contribution in [2.75, 3.05) is 11.9 Å². The van der Waals surface area contributed by atoms with Crippen LogP contribution in [0.25, 0.3) is 0 Å². The normalized spacial score (nSPS) is 12.6. The van der Waals surface area contributed by atoms with Crippen LogP contribution in [0.15, 0.2) is 0 Å². The number of nitrogens with one attached hydrogen (secondary N) is 1. The maximum atomic E-state index is 8.72. The Labute approximate surface area is 83.6 Å². The topological polar surface area (TPSA) is 70.9 Å². The molecule has 0 saturated carbocycles. The van der Waals surface area contributed by atoms with Crippen molar-refractivity contribution in [2.45, 2.75) is 33.2 Å². The summed E-state index contributed by atoms with van der Waals surface area (Å²) in [4.78, 5) is 4.23. The molecule has 14 heavy (non-hydrogen) atoms. The number of hydrogen-bond acceptors (Lipinski definition) is 5. The lowest BCUT2D eigenvalue weighted by Gasteiger charge is -2.11. The number of nitrogens with zero attached hydrogens (tertiary/aromatic N) is 3. The van der Waals surface area contributed by atoms with Gasteiger partial charge in [-0.15, -0.1) is 5.10 Å². The van der Waals surface area contributed by atoms with Crippen molar-refractivity contribution in [2.24, 2.45) is 0 Å². The molecule has 0 saturated heterocycles. The van der Waals surface area contributed by atoms with Gasteiger partial charge in [0.2, 0.25) is 5.95 Å². The van der Waals surface area contributed by atoms with Crippen molar-refractivity contribution in [3.05, 3.63) is 11.4 Å². The van der Waals surface area contributed by atoms with Crippen LogP contribution in [0.1, 0.15) is 24.7 Å². The predicted molar refractivity (Wildman–Crippen MR) is 54.1 cm³/mol. The summed E-state index contributed by atoms with van der Waals surface area (Å²) in [5, 5.41) is 19.6. The molecule has 0 bridgehead atoms. The van der Waals surface area contributed by atoms with Crippen LogP contribution in [-0.4, -0.2) is 32.9 Å². The summed E-state index contributed by atoms with van der Waals surface area (Å²) in [7, 11) is 0. The first kappa shape index (κ1) is 10.8. The van der Waals surface area contributed by atoms with E-state index >= 15 is 0 Å². The largest absolute Gasteiger partial charge is 0.396 e. The van der Waals surface area contributed by atoms with E-state index in [1.165, 1.54) is 0 Å². The van der Waals surface area contributed by atoms with Crippen LogP contribution in [0.4, 0.5) is 5.95 Å². The lowest BCUT2D eigenvalue weighted by atomic mass is 10.2. The van der Waals surface area contributed by atoms with Gasteiger partial charge >= 0.3 is 0 Å². The summed E-state index contributed by atoms with van der Waals surface area (Å²) in [5.41, 5.74) is 1.71. The second-order valence-corrected chi connectivity index (χ2v) is 3.36. The molecule has 0 amide bonds. The van der Waals surface area contributed by atoms with E-state index < -0.39 is 0 Å². The Morgan fingerprint density at radius 3 is 2.57 bits per heavy atom. The average Bonchev–Trinajstić information content (AvgIpc) is 2.12. The number of aromatic nitrogens is 3. The van der Waals surface area contributed by atoms with Crippen molar-refractivity contribution in [1.29, 1.82) is 0 Å². The van der Waals surface area contributed by atoms with Gasteiger partial charge < -0.3 is 10.4 Å². The molecule has 0 spiro atoms. The first-order valence-electron chi connectivity index (χ1n) is 4.68. The van der Waals surface area contributed by atoms with E-state index in [4.69, 9.17) is 5.11 Å². The van der Waals surface area contributed by atoms with Crippen molar-refractivity contribution in [3.63, 3.8) is 0 Å². The molecule has 0 aliphatic heterocycles. The highest BCUT2D eigenvalue weighted by Crippen LogP contribution is 2.04. The molecule has 0 aromatic carbocycles. The molecule has 1 aromatic rings. The maximum absolute atomic E-state index is 8.72. The van der Waals surface area contributed by atoms with Gasteiger partial charge in [0.25, 0.3) is 0 Å². The molecule has 1 rings (SSSR count). The van der Waals surface area contributed by atoms with Crippen molar-refractivity contribution in [3.8, 4) is 0 Å². The number of anilines is 1. The van der Waals surface area contributed by atoms with Gasteiger partial charge in [-0.05, 0) is 27.2 Å². The zero-order valence-corrected chi connectivity index (χ0v) is 8.78. The molecule has 5 nitrogen and oxygen atoms in total. The highest BCUT2D eigenvalue weighted by Gasteiger charge is 2.05. The fraction of sp³-hybridized carbons (Fsp3) is 0.667. The summed E-state index contributed by atoms with van der Waals surface area (Å²) < 4.78 is 0. The van der Waals surface area contributed by atoms with Crippen molar-refractivity contribution < 1.29 is 5.11 Å². The Hall–Kier alpha value is -1.23. The highest BCUT2D eigenvalue weighted by molar-refractivity contribution is 5.25. The van der Waals surface area contributed by atoms with E-state index in [0.717, 1.165) is 11.4 Å². The van der Waals surface area contributed by atoms with Crippen LogP contribution in [0.2, 0.25) is 0 Å². The second-order valence-electron chi connectivity index (χ2n) is 3.36. The summed E-state index contributed by atoms with van der Waals surface area (Å²) >= 11 is 0. The van der Waals surface area contributed by atoms with Gasteiger partial charge in [-0.25, -0.2) is 4.98 Å². The summed E-state index contributed by atoms with van der Waals surface area (Å²) in [6.45, 7) is 5.89. The molecule has 0 unspecified atom stereocenters. The van der Waals surface area contributed by atoms with Gasteiger partial charge in [0.15, 0.2) is 0 Å². The van der Waals surface area contributed by atoms with Crippen LogP contribution in [0, 0.1) is 13.8 Å². The van der Waals surface area contributed by atoms with E-state index in [1.807, 2.05) is 20.8 Å². The first-order chi connectivity index (χ1) is 6.63. The third kappa shape index (κ3) is 2.92. The Morgan fingerprint density at radius 2 is 2.00 bits per heavy atom. The monoisotopic (exact) mass is 196 g/mol. The third-order valence-electron chi connectivity index (χ3n) is 2.03. The molecule has 1 heterocycles. The second kappa shape index (κ2) is 4.85. The minimum absolute atomic E-state index is 0.156. The zero-order valence-electron chi connectivity index (χ0n) is 8.78. The van der Waals surface area contributed by atoms with E-state index in [9.17, 15) is 0 Å². The Morgan fingerprint density at radius 1 is 1.29 bits per heavy atom. The predicted octanol–water partition coefficient (Wildman–Crippen LogP) is 0.671. The van der Waals surface area contributed by atoms with E-state index in [-0.39, 0.29) is 12.6 Å². The van der Waals surface area contributed by atoms with Gasteiger partial charge in [0, 0.05) is 12.6 Å². The summed E-state index contributed by atoms with van der Waals surface area (Å²) in [6.07, 6.45) is 0.677. The highest BCUT2D eigenvalue weighted by atomic mass is 16.3. The molecule has 0 radical (unpaired) electrons. The molecular weight excluding hydrogens is 180 g/mol. The number of aryl methyl sites for hydroxylation is 2. The zero-order chi connectivity index (χ0) is 10.6.